The molecular formula is C14H19N5O. The van der Waals surface area contributed by atoms with Crippen LogP contribution in [0.2, 0.25) is 0 Å². The van der Waals surface area contributed by atoms with Gasteiger partial charge in [0.15, 0.2) is 5.82 Å². The van der Waals surface area contributed by atoms with Gasteiger partial charge in [-0.2, -0.15) is 10.4 Å². The first-order valence-electron chi connectivity index (χ1n) is 6.79. The van der Waals surface area contributed by atoms with E-state index in [4.69, 9.17) is 0 Å². The van der Waals surface area contributed by atoms with Crippen LogP contribution in [0.3, 0.4) is 0 Å². The summed E-state index contributed by atoms with van der Waals surface area (Å²) in [6.45, 7) is 6.77. The number of nitrogens with zero attached hydrogens (tertiary/aromatic N) is 4. The summed E-state index contributed by atoms with van der Waals surface area (Å²) >= 11 is 0. The molecule has 6 heteroatoms. The molecule has 0 aromatic carbocycles. The van der Waals surface area contributed by atoms with E-state index in [0.717, 1.165) is 30.6 Å². The summed E-state index contributed by atoms with van der Waals surface area (Å²) in [5.41, 5.74) is 2.24. The number of hydrogen-bond donors (Lipinski definition) is 1. The van der Waals surface area contributed by atoms with Crippen molar-refractivity contribution in [3.05, 3.63) is 16.8 Å². The standard InChI is InChI=1S/C14H19N5O/c1-9-10(2)17-18-14(13(9)7-15)19-6-4-5-12(8-19)16-11(3)20/h12H,4-6,8H2,1-3H3,(H,16,20). The number of aryl methyl sites for hydroxylation is 1. The van der Waals surface area contributed by atoms with Crippen molar-refractivity contribution in [2.45, 2.75) is 39.7 Å². The van der Waals surface area contributed by atoms with Crippen molar-refractivity contribution in [3.8, 4) is 6.07 Å². The third kappa shape index (κ3) is 2.87. The molecule has 1 saturated heterocycles. The van der Waals surface area contributed by atoms with Crippen LogP contribution in [-0.2, 0) is 4.79 Å². The minimum absolute atomic E-state index is 0.0245. The lowest BCUT2D eigenvalue weighted by Crippen LogP contribution is -2.47. The van der Waals surface area contributed by atoms with Gasteiger partial charge in [0, 0.05) is 26.1 Å². The molecule has 1 amide bonds. The van der Waals surface area contributed by atoms with Gasteiger partial charge >= 0.3 is 0 Å². The molecule has 2 rings (SSSR count). The average molecular weight is 273 g/mol. The van der Waals surface area contributed by atoms with Gasteiger partial charge in [-0.1, -0.05) is 0 Å². The van der Waals surface area contributed by atoms with Gasteiger partial charge in [0.05, 0.1) is 5.69 Å². The molecule has 2 heterocycles. The van der Waals surface area contributed by atoms with Crippen molar-refractivity contribution >= 4 is 11.7 Å². The van der Waals surface area contributed by atoms with Gasteiger partial charge < -0.3 is 10.2 Å². The SMILES string of the molecule is CC(=O)NC1CCCN(c2nnc(C)c(C)c2C#N)C1. The molecule has 106 valence electrons. The normalized spacial score (nSPS) is 18.5. The number of rotatable bonds is 2. The van der Waals surface area contributed by atoms with E-state index in [9.17, 15) is 10.1 Å². The summed E-state index contributed by atoms with van der Waals surface area (Å²) in [4.78, 5) is 13.2. The predicted octanol–water partition coefficient (Wildman–Crippen LogP) is 1.07. The maximum absolute atomic E-state index is 11.2. The van der Waals surface area contributed by atoms with Crippen LogP contribution in [-0.4, -0.2) is 35.2 Å². The Morgan fingerprint density at radius 2 is 2.20 bits per heavy atom. The molecule has 1 atom stereocenters. The summed E-state index contributed by atoms with van der Waals surface area (Å²) < 4.78 is 0. The Hall–Kier alpha value is -2.16. The number of carbonyl (C=O) groups is 1. The van der Waals surface area contributed by atoms with E-state index in [1.807, 2.05) is 18.7 Å². The molecule has 1 aromatic heterocycles. The molecule has 1 aliphatic rings. The number of anilines is 1. The second-order valence-electron chi connectivity index (χ2n) is 5.21. The number of nitrogens with one attached hydrogen (secondary N) is 1. The summed E-state index contributed by atoms with van der Waals surface area (Å²) in [5, 5.41) is 20.6. The van der Waals surface area contributed by atoms with Crippen molar-refractivity contribution in [2.24, 2.45) is 0 Å². The Labute approximate surface area is 118 Å². The number of hydrogen-bond acceptors (Lipinski definition) is 5. The van der Waals surface area contributed by atoms with Gasteiger partial charge in [-0.3, -0.25) is 4.79 Å². The van der Waals surface area contributed by atoms with Crippen molar-refractivity contribution in [2.75, 3.05) is 18.0 Å². The lowest BCUT2D eigenvalue weighted by atomic mass is 10.0. The molecule has 1 unspecified atom stereocenters. The van der Waals surface area contributed by atoms with Gasteiger partial charge in [0.2, 0.25) is 5.91 Å². The highest BCUT2D eigenvalue weighted by Crippen LogP contribution is 2.24. The number of piperidine rings is 1. The van der Waals surface area contributed by atoms with Crippen molar-refractivity contribution in [1.82, 2.24) is 15.5 Å². The number of nitriles is 1. The zero-order chi connectivity index (χ0) is 14.7. The van der Waals surface area contributed by atoms with Gasteiger partial charge in [0.1, 0.15) is 11.6 Å². The molecule has 0 aliphatic carbocycles. The van der Waals surface area contributed by atoms with E-state index in [2.05, 4.69) is 21.6 Å². The fraction of sp³-hybridized carbons (Fsp3) is 0.571. The maximum atomic E-state index is 11.2. The van der Waals surface area contributed by atoms with Crippen molar-refractivity contribution in [1.29, 1.82) is 5.26 Å². The average Bonchev–Trinajstić information content (AvgIpc) is 2.41. The van der Waals surface area contributed by atoms with Crippen LogP contribution in [0.25, 0.3) is 0 Å². The second kappa shape index (κ2) is 5.87. The third-order valence-electron chi connectivity index (χ3n) is 3.68. The van der Waals surface area contributed by atoms with Crippen LogP contribution in [0.15, 0.2) is 0 Å². The topological polar surface area (TPSA) is 81.9 Å². The molecule has 20 heavy (non-hydrogen) atoms. The Morgan fingerprint density at radius 3 is 2.85 bits per heavy atom. The monoisotopic (exact) mass is 273 g/mol. The Kier molecular flexibility index (Phi) is 4.18. The van der Waals surface area contributed by atoms with Gasteiger partial charge in [0.25, 0.3) is 0 Å². The number of amides is 1. The van der Waals surface area contributed by atoms with Crippen LogP contribution in [0.5, 0.6) is 0 Å². The largest absolute Gasteiger partial charge is 0.352 e. The highest BCUT2D eigenvalue weighted by atomic mass is 16.1. The number of carbonyl (C=O) groups excluding carboxylic acids is 1. The lowest BCUT2D eigenvalue weighted by Gasteiger charge is -2.34. The smallest absolute Gasteiger partial charge is 0.217 e. The fourth-order valence-electron chi connectivity index (χ4n) is 2.53. The minimum Gasteiger partial charge on any atom is -0.352 e. The summed E-state index contributed by atoms with van der Waals surface area (Å²) in [5.74, 6) is 0.606. The van der Waals surface area contributed by atoms with Gasteiger partial charge in [-0.15, -0.1) is 5.10 Å². The first-order valence-corrected chi connectivity index (χ1v) is 6.79. The van der Waals surface area contributed by atoms with E-state index in [0.29, 0.717) is 17.9 Å². The second-order valence-corrected chi connectivity index (χ2v) is 5.21. The lowest BCUT2D eigenvalue weighted by molar-refractivity contribution is -0.119. The Bertz CT molecular complexity index is 563. The van der Waals surface area contributed by atoms with Gasteiger partial charge in [-0.25, -0.2) is 0 Å². The third-order valence-corrected chi connectivity index (χ3v) is 3.68. The fourth-order valence-corrected chi connectivity index (χ4v) is 2.53. The molecular weight excluding hydrogens is 254 g/mol. The summed E-state index contributed by atoms with van der Waals surface area (Å²) in [7, 11) is 0. The first kappa shape index (κ1) is 14.3. The molecule has 6 nitrogen and oxygen atoms in total. The zero-order valence-corrected chi connectivity index (χ0v) is 12.1. The van der Waals surface area contributed by atoms with E-state index < -0.39 is 0 Å². The van der Waals surface area contributed by atoms with E-state index in [1.165, 1.54) is 6.92 Å². The van der Waals surface area contributed by atoms with E-state index in [1.54, 1.807) is 0 Å². The predicted molar refractivity (Wildman–Crippen MR) is 75.3 cm³/mol. The minimum atomic E-state index is -0.0245. The summed E-state index contributed by atoms with van der Waals surface area (Å²) in [6, 6.07) is 2.33. The maximum Gasteiger partial charge on any atom is 0.217 e. The molecule has 1 N–H and O–H groups in total. The molecule has 1 fully saturated rings. The van der Waals surface area contributed by atoms with Gasteiger partial charge in [-0.05, 0) is 32.3 Å². The van der Waals surface area contributed by atoms with E-state index in [-0.39, 0.29) is 11.9 Å². The molecule has 0 spiro atoms. The number of aromatic nitrogens is 2. The van der Waals surface area contributed by atoms with Crippen molar-refractivity contribution in [3.63, 3.8) is 0 Å². The highest BCUT2D eigenvalue weighted by Gasteiger charge is 2.24. The Balaban J connectivity index is 2.25. The van der Waals surface area contributed by atoms with Crippen molar-refractivity contribution < 1.29 is 4.79 Å². The molecule has 0 radical (unpaired) electrons. The Morgan fingerprint density at radius 1 is 1.45 bits per heavy atom. The first-order chi connectivity index (χ1) is 9.52. The van der Waals surface area contributed by atoms with Crippen LogP contribution in [0, 0.1) is 25.2 Å². The van der Waals surface area contributed by atoms with Crippen LogP contribution in [0.1, 0.15) is 36.6 Å². The van der Waals surface area contributed by atoms with E-state index >= 15 is 0 Å². The van der Waals surface area contributed by atoms with Crippen LogP contribution in [0.4, 0.5) is 5.82 Å². The highest BCUT2D eigenvalue weighted by molar-refractivity contribution is 5.73. The molecule has 1 aliphatic heterocycles. The zero-order valence-electron chi connectivity index (χ0n) is 12.1. The summed E-state index contributed by atoms with van der Waals surface area (Å²) in [6.07, 6.45) is 1.92. The molecule has 1 aromatic rings. The quantitative estimate of drug-likeness (QED) is 0.871. The van der Waals surface area contributed by atoms with Crippen LogP contribution >= 0.6 is 0 Å². The molecule has 0 bridgehead atoms. The molecule has 0 saturated carbocycles. The van der Waals surface area contributed by atoms with Crippen LogP contribution < -0.4 is 10.2 Å².